The molecule has 0 spiro atoms. The molecule has 2 N–H and O–H groups in total. The number of aryl methyl sites for hydroxylation is 1. The van der Waals surface area contributed by atoms with Gasteiger partial charge in [0.25, 0.3) is 0 Å². The van der Waals surface area contributed by atoms with Crippen LogP contribution in [0.3, 0.4) is 0 Å². The Kier molecular flexibility index (Phi) is 4.35. The molecule has 1 atom stereocenters. The topological polar surface area (TPSA) is 37.0 Å². The molecule has 0 fully saturated rings. The molecule has 0 aliphatic carbocycles. The van der Waals surface area contributed by atoms with Crippen molar-refractivity contribution < 1.29 is 0 Å². The highest BCUT2D eigenvalue weighted by Crippen LogP contribution is 2.16. The fourth-order valence-electron chi connectivity index (χ4n) is 0.996. The molecule has 4 heteroatoms. The minimum Gasteiger partial charge on any atom is -0.369 e. The Morgan fingerprint density at radius 3 is 2.86 bits per heavy atom. The van der Waals surface area contributed by atoms with E-state index in [1.807, 2.05) is 19.3 Å². The molecular weight excluding hydrogens is 242 g/mol. The molecule has 0 amide bonds. The lowest BCUT2D eigenvalue weighted by Crippen LogP contribution is -2.29. The van der Waals surface area contributed by atoms with Crippen molar-refractivity contribution in [3.05, 3.63) is 22.3 Å². The third-order valence-corrected chi connectivity index (χ3v) is 2.96. The molecule has 0 radical (unpaired) electrons. The first-order valence-corrected chi connectivity index (χ1v) is 5.46. The number of hydrogen-bond acceptors (Lipinski definition) is 3. The zero-order valence-corrected chi connectivity index (χ0v) is 10.4. The fraction of sp³-hybridized carbons (Fsp3) is 0.500. The molecule has 1 aromatic heterocycles. The van der Waals surface area contributed by atoms with Gasteiger partial charge in [-0.2, -0.15) is 0 Å². The molecule has 0 saturated carbocycles. The van der Waals surface area contributed by atoms with Gasteiger partial charge in [-0.05, 0) is 48.5 Å². The van der Waals surface area contributed by atoms with E-state index in [0.717, 1.165) is 16.8 Å². The molecule has 14 heavy (non-hydrogen) atoms. The van der Waals surface area contributed by atoms with Crippen molar-refractivity contribution in [2.24, 2.45) is 0 Å². The molecule has 0 aliphatic rings. The monoisotopic (exact) mass is 257 g/mol. The number of hydrogen-bond donors (Lipinski definition) is 2. The maximum absolute atomic E-state index is 4.26. The molecule has 0 aromatic carbocycles. The quantitative estimate of drug-likeness (QED) is 0.869. The molecule has 1 heterocycles. The van der Waals surface area contributed by atoms with Crippen molar-refractivity contribution in [3.63, 3.8) is 0 Å². The second kappa shape index (κ2) is 5.32. The second-order valence-electron chi connectivity index (χ2n) is 3.39. The zero-order valence-electron chi connectivity index (χ0n) is 8.76. The zero-order chi connectivity index (χ0) is 10.6. The Morgan fingerprint density at radius 2 is 2.29 bits per heavy atom. The van der Waals surface area contributed by atoms with Gasteiger partial charge in [-0.3, -0.25) is 0 Å². The average molecular weight is 258 g/mol. The lowest BCUT2D eigenvalue weighted by atomic mass is 10.3. The normalized spacial score (nSPS) is 12.6. The van der Waals surface area contributed by atoms with Crippen LogP contribution in [0.25, 0.3) is 0 Å². The first-order chi connectivity index (χ1) is 6.63. The number of pyridine rings is 1. The SMILES string of the molecule is CNC(C)CNc1cc(C)c(Br)cn1. The molecule has 0 bridgehead atoms. The van der Waals surface area contributed by atoms with Crippen LogP contribution in [0.15, 0.2) is 16.7 Å². The van der Waals surface area contributed by atoms with Crippen LogP contribution in [0.1, 0.15) is 12.5 Å². The minimum atomic E-state index is 0.445. The van der Waals surface area contributed by atoms with E-state index in [1.165, 1.54) is 5.56 Å². The average Bonchev–Trinajstić information content (AvgIpc) is 2.19. The number of nitrogens with zero attached hydrogens (tertiary/aromatic N) is 1. The van der Waals surface area contributed by atoms with Gasteiger partial charge in [0.2, 0.25) is 0 Å². The largest absolute Gasteiger partial charge is 0.369 e. The van der Waals surface area contributed by atoms with Crippen molar-refractivity contribution in [1.82, 2.24) is 10.3 Å². The molecule has 0 aliphatic heterocycles. The van der Waals surface area contributed by atoms with E-state index in [2.05, 4.69) is 45.4 Å². The number of anilines is 1. The van der Waals surface area contributed by atoms with E-state index < -0.39 is 0 Å². The van der Waals surface area contributed by atoms with Gasteiger partial charge in [-0.25, -0.2) is 4.98 Å². The lowest BCUT2D eigenvalue weighted by Gasteiger charge is -2.12. The standard InChI is InChI=1S/C10H16BrN3/c1-7-4-10(14-6-9(7)11)13-5-8(2)12-3/h4,6,8,12H,5H2,1-3H3,(H,13,14). The van der Waals surface area contributed by atoms with Gasteiger partial charge in [0.05, 0.1) is 0 Å². The molecule has 78 valence electrons. The summed E-state index contributed by atoms with van der Waals surface area (Å²) in [7, 11) is 1.95. The number of rotatable bonds is 4. The van der Waals surface area contributed by atoms with E-state index in [4.69, 9.17) is 0 Å². The summed E-state index contributed by atoms with van der Waals surface area (Å²) >= 11 is 3.42. The smallest absolute Gasteiger partial charge is 0.126 e. The van der Waals surface area contributed by atoms with Crippen molar-refractivity contribution >= 4 is 21.7 Å². The van der Waals surface area contributed by atoms with Crippen LogP contribution in [-0.2, 0) is 0 Å². The van der Waals surface area contributed by atoms with Gasteiger partial charge in [0.1, 0.15) is 5.82 Å². The summed E-state index contributed by atoms with van der Waals surface area (Å²) in [6.45, 7) is 5.06. The van der Waals surface area contributed by atoms with E-state index in [-0.39, 0.29) is 0 Å². The summed E-state index contributed by atoms with van der Waals surface area (Å²) in [5.74, 6) is 0.924. The molecule has 1 aromatic rings. The van der Waals surface area contributed by atoms with Crippen LogP contribution in [0.4, 0.5) is 5.82 Å². The Bertz CT molecular complexity index is 301. The van der Waals surface area contributed by atoms with Crippen molar-refractivity contribution in [2.75, 3.05) is 18.9 Å². The third kappa shape index (κ3) is 3.27. The first-order valence-electron chi connectivity index (χ1n) is 4.66. The van der Waals surface area contributed by atoms with E-state index >= 15 is 0 Å². The lowest BCUT2D eigenvalue weighted by molar-refractivity contribution is 0.637. The number of aromatic nitrogens is 1. The predicted molar refractivity (Wildman–Crippen MR) is 63.7 cm³/mol. The molecular formula is C10H16BrN3. The molecule has 1 unspecified atom stereocenters. The fourth-order valence-corrected chi connectivity index (χ4v) is 1.21. The van der Waals surface area contributed by atoms with Gasteiger partial charge in [-0.15, -0.1) is 0 Å². The van der Waals surface area contributed by atoms with Crippen LogP contribution >= 0.6 is 15.9 Å². The predicted octanol–water partition coefficient (Wildman–Crippen LogP) is 2.17. The summed E-state index contributed by atoms with van der Waals surface area (Å²) in [6, 6.07) is 2.48. The van der Waals surface area contributed by atoms with Crippen LogP contribution < -0.4 is 10.6 Å². The number of nitrogens with one attached hydrogen (secondary N) is 2. The van der Waals surface area contributed by atoms with Gasteiger partial charge in [0, 0.05) is 23.3 Å². The maximum Gasteiger partial charge on any atom is 0.126 e. The van der Waals surface area contributed by atoms with Crippen molar-refractivity contribution in [1.29, 1.82) is 0 Å². The second-order valence-corrected chi connectivity index (χ2v) is 4.24. The highest BCUT2D eigenvalue weighted by atomic mass is 79.9. The van der Waals surface area contributed by atoms with Gasteiger partial charge in [0.15, 0.2) is 0 Å². The summed E-state index contributed by atoms with van der Waals surface area (Å²) in [4.78, 5) is 4.26. The van der Waals surface area contributed by atoms with Crippen LogP contribution in [0.2, 0.25) is 0 Å². The van der Waals surface area contributed by atoms with E-state index in [1.54, 1.807) is 0 Å². The Hall–Kier alpha value is -0.610. The minimum absolute atomic E-state index is 0.445. The summed E-state index contributed by atoms with van der Waals surface area (Å²) in [5.41, 5.74) is 1.19. The summed E-state index contributed by atoms with van der Waals surface area (Å²) in [6.07, 6.45) is 1.82. The maximum atomic E-state index is 4.26. The Balaban J connectivity index is 2.55. The van der Waals surface area contributed by atoms with Crippen molar-refractivity contribution in [3.8, 4) is 0 Å². The van der Waals surface area contributed by atoms with Crippen LogP contribution in [-0.4, -0.2) is 24.6 Å². The highest BCUT2D eigenvalue weighted by Gasteiger charge is 2.00. The van der Waals surface area contributed by atoms with Crippen LogP contribution in [0, 0.1) is 6.92 Å². The van der Waals surface area contributed by atoms with Crippen molar-refractivity contribution in [2.45, 2.75) is 19.9 Å². The van der Waals surface area contributed by atoms with Gasteiger partial charge < -0.3 is 10.6 Å². The summed E-state index contributed by atoms with van der Waals surface area (Å²) in [5, 5.41) is 6.43. The van der Waals surface area contributed by atoms with E-state index in [9.17, 15) is 0 Å². The Morgan fingerprint density at radius 1 is 1.57 bits per heavy atom. The highest BCUT2D eigenvalue weighted by molar-refractivity contribution is 9.10. The van der Waals surface area contributed by atoms with E-state index in [0.29, 0.717) is 6.04 Å². The van der Waals surface area contributed by atoms with Gasteiger partial charge >= 0.3 is 0 Å². The van der Waals surface area contributed by atoms with Crippen LogP contribution in [0.5, 0.6) is 0 Å². The molecule has 0 saturated heterocycles. The molecule has 3 nitrogen and oxygen atoms in total. The summed E-state index contributed by atoms with van der Waals surface area (Å²) < 4.78 is 1.05. The number of likely N-dealkylation sites (N-methyl/N-ethyl adjacent to an activating group) is 1. The third-order valence-electron chi connectivity index (χ3n) is 2.13. The first kappa shape index (κ1) is 11.5. The number of halogens is 1. The molecule has 1 rings (SSSR count). The Labute approximate surface area is 93.4 Å². The van der Waals surface area contributed by atoms with Gasteiger partial charge in [-0.1, -0.05) is 0 Å².